The number of nitro benzene ring substituents is 1. The van der Waals surface area contributed by atoms with Gasteiger partial charge in [0.2, 0.25) is 0 Å². The normalized spacial score (nSPS) is 14.6. The molecule has 0 heterocycles. The van der Waals surface area contributed by atoms with Crippen LogP contribution in [0.5, 0.6) is 0 Å². The van der Waals surface area contributed by atoms with E-state index in [1.54, 1.807) is 19.2 Å². The average Bonchev–Trinajstić information content (AvgIpc) is 3.28. The lowest BCUT2D eigenvalue weighted by atomic mass is 10.1. The first kappa shape index (κ1) is 18.2. The summed E-state index contributed by atoms with van der Waals surface area (Å²) in [5.41, 5.74) is 0.713. The number of rotatable bonds is 7. The van der Waals surface area contributed by atoms with E-state index >= 15 is 0 Å². The van der Waals surface area contributed by atoms with E-state index in [0.29, 0.717) is 23.8 Å². The molecule has 1 saturated carbocycles. The highest BCUT2D eigenvalue weighted by Crippen LogP contribution is 2.31. The monoisotopic (exact) mass is 328 g/mol. The molecule has 2 rings (SSSR count). The van der Waals surface area contributed by atoms with Gasteiger partial charge < -0.3 is 16.0 Å². The van der Waals surface area contributed by atoms with E-state index < -0.39 is 4.92 Å². The first-order valence-corrected chi connectivity index (χ1v) is 7.01. The third kappa shape index (κ3) is 4.85. The van der Waals surface area contributed by atoms with Crippen LogP contribution in [-0.2, 0) is 0 Å². The topological polar surface area (TPSA) is 96.3 Å². The third-order valence-electron chi connectivity index (χ3n) is 3.46. The molecule has 1 atom stereocenters. The van der Waals surface area contributed by atoms with Gasteiger partial charge in [-0.25, -0.2) is 0 Å². The minimum absolute atomic E-state index is 0. The number of anilines is 1. The minimum atomic E-state index is -0.461. The molecule has 1 aromatic carbocycles. The van der Waals surface area contributed by atoms with E-state index in [2.05, 4.69) is 16.0 Å². The van der Waals surface area contributed by atoms with Crippen LogP contribution in [0, 0.1) is 10.1 Å². The maximum atomic E-state index is 12.0. The smallest absolute Gasteiger partial charge is 0.293 e. The molecule has 8 heteroatoms. The number of likely N-dealkylation sites (N-methyl/N-ethyl adjacent to an activating group) is 1. The lowest BCUT2D eigenvalue weighted by Gasteiger charge is -2.12. The maximum absolute atomic E-state index is 12.0. The zero-order chi connectivity index (χ0) is 15.4. The maximum Gasteiger partial charge on any atom is 0.293 e. The van der Waals surface area contributed by atoms with E-state index in [9.17, 15) is 14.9 Å². The van der Waals surface area contributed by atoms with Gasteiger partial charge in [-0.2, -0.15) is 0 Å². The number of nitrogens with one attached hydrogen (secondary N) is 3. The molecule has 0 radical (unpaired) electrons. The number of benzene rings is 1. The predicted molar refractivity (Wildman–Crippen MR) is 87.8 cm³/mol. The summed E-state index contributed by atoms with van der Waals surface area (Å²) in [5.74, 6) is -0.307. The third-order valence-corrected chi connectivity index (χ3v) is 3.46. The molecule has 0 bridgehead atoms. The molecular weight excluding hydrogens is 308 g/mol. The van der Waals surface area contributed by atoms with Gasteiger partial charge in [0.05, 0.1) is 4.92 Å². The van der Waals surface area contributed by atoms with E-state index in [1.165, 1.54) is 6.07 Å². The Labute approximate surface area is 135 Å². The molecule has 22 heavy (non-hydrogen) atoms. The van der Waals surface area contributed by atoms with Gasteiger partial charge in [-0.1, -0.05) is 0 Å². The Kier molecular flexibility index (Phi) is 6.58. The van der Waals surface area contributed by atoms with Gasteiger partial charge in [-0.15, -0.1) is 12.4 Å². The second-order valence-corrected chi connectivity index (χ2v) is 5.31. The average molecular weight is 329 g/mol. The second kappa shape index (κ2) is 7.95. The van der Waals surface area contributed by atoms with Gasteiger partial charge in [0, 0.05) is 30.3 Å². The molecule has 7 nitrogen and oxygen atoms in total. The number of hydrogen-bond donors (Lipinski definition) is 3. The summed E-state index contributed by atoms with van der Waals surface area (Å²) in [5, 5.41) is 20.0. The SMILES string of the molecule is CNC(C)CNC(=O)c1ccc(NC2CC2)c([N+](=O)[O-])c1.Cl. The lowest BCUT2D eigenvalue weighted by molar-refractivity contribution is -0.384. The highest BCUT2D eigenvalue weighted by atomic mass is 35.5. The van der Waals surface area contributed by atoms with Crippen LogP contribution in [0.15, 0.2) is 18.2 Å². The van der Waals surface area contributed by atoms with Crippen molar-refractivity contribution in [3.8, 4) is 0 Å². The largest absolute Gasteiger partial charge is 0.377 e. The van der Waals surface area contributed by atoms with Crippen LogP contribution in [0.4, 0.5) is 11.4 Å². The van der Waals surface area contributed by atoms with Crippen molar-refractivity contribution in [3.63, 3.8) is 0 Å². The molecule has 1 amide bonds. The Morgan fingerprint density at radius 3 is 2.68 bits per heavy atom. The Morgan fingerprint density at radius 2 is 2.14 bits per heavy atom. The summed E-state index contributed by atoms with van der Waals surface area (Å²) in [6, 6.07) is 4.99. The molecule has 1 aromatic rings. The summed E-state index contributed by atoms with van der Waals surface area (Å²) in [6.45, 7) is 2.40. The van der Waals surface area contributed by atoms with Crippen molar-refractivity contribution in [2.45, 2.75) is 31.8 Å². The molecule has 0 aromatic heterocycles. The Hall–Kier alpha value is -1.86. The van der Waals surface area contributed by atoms with Crippen LogP contribution in [0.25, 0.3) is 0 Å². The number of halogens is 1. The first-order valence-electron chi connectivity index (χ1n) is 7.01. The van der Waals surface area contributed by atoms with Crippen LogP contribution in [-0.4, -0.2) is 36.5 Å². The van der Waals surface area contributed by atoms with Crippen molar-refractivity contribution >= 4 is 29.7 Å². The number of carbonyl (C=O) groups excluding carboxylic acids is 1. The van der Waals surface area contributed by atoms with Crippen molar-refractivity contribution in [2.75, 3.05) is 18.9 Å². The molecule has 3 N–H and O–H groups in total. The van der Waals surface area contributed by atoms with Crippen molar-refractivity contribution in [1.82, 2.24) is 10.6 Å². The fourth-order valence-electron chi connectivity index (χ4n) is 1.84. The summed E-state index contributed by atoms with van der Waals surface area (Å²) >= 11 is 0. The van der Waals surface area contributed by atoms with Gasteiger partial charge in [0.25, 0.3) is 11.6 Å². The standard InChI is InChI=1S/C14H20N4O3.ClH/c1-9(15-2)8-16-14(19)10-3-6-12(17-11-4-5-11)13(7-10)18(20)21;/h3,6-7,9,11,15,17H,4-5,8H2,1-2H3,(H,16,19);1H. The fourth-order valence-corrected chi connectivity index (χ4v) is 1.84. The van der Waals surface area contributed by atoms with Crippen molar-refractivity contribution in [2.24, 2.45) is 0 Å². The quantitative estimate of drug-likeness (QED) is 0.525. The number of carbonyl (C=O) groups is 1. The number of nitrogens with zero attached hydrogens (tertiary/aromatic N) is 1. The van der Waals surface area contributed by atoms with Crippen LogP contribution in [0.3, 0.4) is 0 Å². The zero-order valence-electron chi connectivity index (χ0n) is 12.6. The van der Waals surface area contributed by atoms with Crippen molar-refractivity contribution < 1.29 is 9.72 Å². The Morgan fingerprint density at radius 1 is 1.45 bits per heavy atom. The van der Waals surface area contributed by atoms with Gasteiger partial charge in [0.1, 0.15) is 5.69 Å². The lowest BCUT2D eigenvalue weighted by Crippen LogP contribution is -2.37. The highest BCUT2D eigenvalue weighted by Gasteiger charge is 2.25. The molecule has 122 valence electrons. The summed E-state index contributed by atoms with van der Waals surface area (Å²) in [7, 11) is 1.81. The van der Waals surface area contributed by atoms with Crippen LogP contribution >= 0.6 is 12.4 Å². The molecule has 1 aliphatic carbocycles. The zero-order valence-corrected chi connectivity index (χ0v) is 13.4. The predicted octanol–water partition coefficient (Wildman–Crippen LogP) is 1.93. The summed E-state index contributed by atoms with van der Waals surface area (Å²) < 4.78 is 0. The molecule has 0 saturated heterocycles. The van der Waals surface area contributed by atoms with Crippen LogP contribution in [0.2, 0.25) is 0 Å². The molecule has 0 spiro atoms. The molecule has 1 fully saturated rings. The summed E-state index contributed by atoms with van der Waals surface area (Å²) in [6.07, 6.45) is 2.06. The van der Waals surface area contributed by atoms with E-state index in [4.69, 9.17) is 0 Å². The van der Waals surface area contributed by atoms with Crippen LogP contribution < -0.4 is 16.0 Å². The van der Waals surface area contributed by atoms with Gasteiger partial charge in [-0.05, 0) is 38.9 Å². The minimum Gasteiger partial charge on any atom is -0.377 e. The highest BCUT2D eigenvalue weighted by molar-refractivity contribution is 5.95. The van der Waals surface area contributed by atoms with Gasteiger partial charge in [-0.3, -0.25) is 14.9 Å². The Bertz CT molecular complexity index is 549. The van der Waals surface area contributed by atoms with Gasteiger partial charge in [0.15, 0.2) is 0 Å². The van der Waals surface area contributed by atoms with Crippen LogP contribution in [0.1, 0.15) is 30.1 Å². The molecule has 1 unspecified atom stereocenters. The van der Waals surface area contributed by atoms with E-state index in [1.807, 2.05) is 6.92 Å². The summed E-state index contributed by atoms with van der Waals surface area (Å²) in [4.78, 5) is 22.7. The first-order chi connectivity index (χ1) is 10.0. The van der Waals surface area contributed by atoms with Crippen molar-refractivity contribution in [3.05, 3.63) is 33.9 Å². The number of nitro groups is 1. The molecule has 1 aliphatic rings. The molecule has 0 aliphatic heterocycles. The fraction of sp³-hybridized carbons (Fsp3) is 0.500. The second-order valence-electron chi connectivity index (χ2n) is 5.31. The Balaban J connectivity index is 0.00000242. The molecular formula is C14H21ClN4O3. The number of amides is 1. The van der Waals surface area contributed by atoms with E-state index in [-0.39, 0.29) is 30.0 Å². The van der Waals surface area contributed by atoms with Gasteiger partial charge >= 0.3 is 0 Å². The van der Waals surface area contributed by atoms with E-state index in [0.717, 1.165) is 12.8 Å². The van der Waals surface area contributed by atoms with Crippen molar-refractivity contribution in [1.29, 1.82) is 0 Å². The number of hydrogen-bond acceptors (Lipinski definition) is 5.